The summed E-state index contributed by atoms with van der Waals surface area (Å²) in [6.45, 7) is 0.837. The Morgan fingerprint density at radius 1 is 1.58 bits per heavy atom. The fraction of sp³-hybridized carbons (Fsp3) is 0.231. The zero-order chi connectivity index (χ0) is 13.7. The number of thiophene rings is 1. The number of aromatic nitrogens is 2. The van der Waals surface area contributed by atoms with Crippen LogP contribution in [0, 0.1) is 11.8 Å². The largest absolute Gasteiger partial charge is 0.346 e. The van der Waals surface area contributed by atoms with Gasteiger partial charge in [0, 0.05) is 11.9 Å². The van der Waals surface area contributed by atoms with Crippen molar-refractivity contribution < 1.29 is 4.79 Å². The van der Waals surface area contributed by atoms with Crippen LogP contribution in [0.2, 0.25) is 0 Å². The van der Waals surface area contributed by atoms with E-state index in [4.69, 9.17) is 5.73 Å². The standard InChI is InChI=1S/C13H14N4OS/c1-17-9-15-8-12(17)13(18)16-7-11-5-4-10(19-11)3-2-6-14/h4-5,8-9H,6-7,14H2,1H3,(H,16,18). The van der Waals surface area contributed by atoms with Gasteiger partial charge in [0.15, 0.2) is 0 Å². The van der Waals surface area contributed by atoms with Crippen LogP contribution in [0.25, 0.3) is 0 Å². The molecule has 2 aromatic rings. The Morgan fingerprint density at radius 2 is 2.42 bits per heavy atom. The van der Waals surface area contributed by atoms with Crippen molar-refractivity contribution in [2.75, 3.05) is 6.54 Å². The molecule has 5 nitrogen and oxygen atoms in total. The molecule has 0 unspecified atom stereocenters. The molecule has 0 saturated heterocycles. The van der Waals surface area contributed by atoms with Gasteiger partial charge in [-0.05, 0) is 12.1 Å². The molecular weight excluding hydrogens is 260 g/mol. The summed E-state index contributed by atoms with van der Waals surface area (Å²) in [5.74, 6) is 5.63. The van der Waals surface area contributed by atoms with Gasteiger partial charge < -0.3 is 15.6 Å². The van der Waals surface area contributed by atoms with E-state index < -0.39 is 0 Å². The summed E-state index contributed by atoms with van der Waals surface area (Å²) >= 11 is 1.55. The van der Waals surface area contributed by atoms with E-state index in [1.807, 2.05) is 12.1 Å². The SMILES string of the molecule is Cn1cncc1C(=O)NCc1ccc(C#CCN)s1. The van der Waals surface area contributed by atoms with E-state index in [0.717, 1.165) is 9.75 Å². The lowest BCUT2D eigenvalue weighted by Crippen LogP contribution is -2.24. The molecule has 2 heterocycles. The van der Waals surface area contributed by atoms with Crippen molar-refractivity contribution in [3.8, 4) is 11.8 Å². The monoisotopic (exact) mass is 274 g/mol. The molecule has 98 valence electrons. The summed E-state index contributed by atoms with van der Waals surface area (Å²) in [6.07, 6.45) is 3.14. The Balaban J connectivity index is 1.94. The van der Waals surface area contributed by atoms with Crippen molar-refractivity contribution in [1.82, 2.24) is 14.9 Å². The summed E-state index contributed by atoms with van der Waals surface area (Å²) in [5, 5.41) is 2.85. The molecule has 0 fully saturated rings. The first-order chi connectivity index (χ1) is 9.20. The maximum absolute atomic E-state index is 11.9. The minimum atomic E-state index is -0.136. The first kappa shape index (κ1) is 13.3. The topological polar surface area (TPSA) is 72.9 Å². The van der Waals surface area contributed by atoms with Gasteiger partial charge in [-0.15, -0.1) is 11.3 Å². The normalized spacial score (nSPS) is 9.79. The number of carbonyl (C=O) groups excluding carboxylic acids is 1. The fourth-order valence-electron chi connectivity index (χ4n) is 1.51. The van der Waals surface area contributed by atoms with Crippen LogP contribution < -0.4 is 11.1 Å². The molecule has 1 amide bonds. The number of nitrogens with two attached hydrogens (primary N) is 1. The van der Waals surface area contributed by atoms with Crippen LogP contribution in [-0.4, -0.2) is 22.0 Å². The molecule has 0 saturated carbocycles. The smallest absolute Gasteiger partial charge is 0.269 e. The molecule has 2 rings (SSSR count). The molecule has 0 bridgehead atoms. The van der Waals surface area contributed by atoms with Crippen molar-refractivity contribution in [3.63, 3.8) is 0 Å². The summed E-state index contributed by atoms with van der Waals surface area (Å²) in [7, 11) is 1.79. The van der Waals surface area contributed by atoms with Gasteiger partial charge >= 0.3 is 0 Å². The van der Waals surface area contributed by atoms with E-state index in [0.29, 0.717) is 18.8 Å². The molecule has 0 aliphatic carbocycles. The van der Waals surface area contributed by atoms with E-state index in [9.17, 15) is 4.79 Å². The summed E-state index contributed by atoms with van der Waals surface area (Å²) < 4.78 is 1.68. The van der Waals surface area contributed by atoms with E-state index in [2.05, 4.69) is 22.1 Å². The van der Waals surface area contributed by atoms with Gasteiger partial charge in [-0.25, -0.2) is 4.98 Å². The van der Waals surface area contributed by atoms with Crippen molar-refractivity contribution in [2.24, 2.45) is 12.8 Å². The lowest BCUT2D eigenvalue weighted by molar-refractivity contribution is 0.0943. The molecule has 0 atom stereocenters. The Kier molecular flexibility index (Phi) is 4.34. The minimum Gasteiger partial charge on any atom is -0.346 e. The van der Waals surface area contributed by atoms with Crippen molar-refractivity contribution in [2.45, 2.75) is 6.54 Å². The molecular formula is C13H14N4OS. The van der Waals surface area contributed by atoms with E-state index in [1.54, 1.807) is 35.5 Å². The Labute approximate surface area is 115 Å². The number of aryl methyl sites for hydroxylation is 1. The second-order valence-electron chi connectivity index (χ2n) is 3.84. The second-order valence-corrected chi connectivity index (χ2v) is 5.01. The maximum atomic E-state index is 11.9. The van der Waals surface area contributed by atoms with Crippen LogP contribution in [0.1, 0.15) is 20.2 Å². The number of amides is 1. The molecule has 3 N–H and O–H groups in total. The van der Waals surface area contributed by atoms with Gasteiger partial charge in [-0.2, -0.15) is 0 Å². The van der Waals surface area contributed by atoms with Crippen LogP contribution >= 0.6 is 11.3 Å². The average Bonchev–Trinajstić information content (AvgIpc) is 3.02. The third-order valence-corrected chi connectivity index (χ3v) is 3.45. The highest BCUT2D eigenvalue weighted by Crippen LogP contribution is 2.15. The van der Waals surface area contributed by atoms with Gasteiger partial charge in [-0.1, -0.05) is 11.8 Å². The zero-order valence-electron chi connectivity index (χ0n) is 10.5. The molecule has 0 radical (unpaired) electrons. The summed E-state index contributed by atoms with van der Waals surface area (Å²) in [4.78, 5) is 17.8. The highest BCUT2D eigenvalue weighted by Gasteiger charge is 2.09. The van der Waals surface area contributed by atoms with Gasteiger partial charge in [0.1, 0.15) is 5.69 Å². The minimum absolute atomic E-state index is 0.136. The summed E-state index contributed by atoms with van der Waals surface area (Å²) in [5.41, 5.74) is 5.86. The predicted octanol–water partition coefficient (Wildman–Crippen LogP) is 0.722. The quantitative estimate of drug-likeness (QED) is 0.810. The van der Waals surface area contributed by atoms with Crippen molar-refractivity contribution in [3.05, 3.63) is 40.1 Å². The Morgan fingerprint density at radius 3 is 3.11 bits per heavy atom. The van der Waals surface area contributed by atoms with E-state index in [1.165, 1.54) is 0 Å². The third kappa shape index (κ3) is 3.44. The maximum Gasteiger partial charge on any atom is 0.269 e. The number of nitrogens with one attached hydrogen (secondary N) is 1. The van der Waals surface area contributed by atoms with Crippen LogP contribution in [0.3, 0.4) is 0 Å². The highest BCUT2D eigenvalue weighted by atomic mass is 32.1. The molecule has 19 heavy (non-hydrogen) atoms. The van der Waals surface area contributed by atoms with E-state index >= 15 is 0 Å². The molecule has 0 aliphatic rings. The molecule has 0 aromatic carbocycles. The number of carbonyl (C=O) groups is 1. The lowest BCUT2D eigenvalue weighted by Gasteiger charge is -2.03. The van der Waals surface area contributed by atoms with Crippen LogP contribution in [0.4, 0.5) is 0 Å². The van der Waals surface area contributed by atoms with Crippen LogP contribution in [0.15, 0.2) is 24.7 Å². The van der Waals surface area contributed by atoms with Crippen LogP contribution in [0.5, 0.6) is 0 Å². The lowest BCUT2D eigenvalue weighted by atomic mass is 10.4. The average molecular weight is 274 g/mol. The fourth-order valence-corrected chi connectivity index (χ4v) is 2.33. The number of hydrogen-bond acceptors (Lipinski definition) is 4. The zero-order valence-corrected chi connectivity index (χ0v) is 11.3. The first-order valence-electron chi connectivity index (χ1n) is 5.73. The molecule has 0 aliphatic heterocycles. The van der Waals surface area contributed by atoms with Gasteiger partial charge in [0.25, 0.3) is 5.91 Å². The molecule has 0 spiro atoms. The highest BCUT2D eigenvalue weighted by molar-refractivity contribution is 7.12. The first-order valence-corrected chi connectivity index (χ1v) is 6.54. The van der Waals surface area contributed by atoms with Crippen molar-refractivity contribution in [1.29, 1.82) is 0 Å². The van der Waals surface area contributed by atoms with Gasteiger partial charge in [0.05, 0.1) is 30.5 Å². The Hall–Kier alpha value is -2.10. The number of rotatable bonds is 3. The second kappa shape index (κ2) is 6.18. The molecule has 2 aromatic heterocycles. The van der Waals surface area contributed by atoms with Crippen molar-refractivity contribution >= 4 is 17.2 Å². The van der Waals surface area contributed by atoms with Gasteiger partial charge in [-0.3, -0.25) is 4.79 Å². The number of imidazole rings is 1. The summed E-state index contributed by atoms with van der Waals surface area (Å²) in [6, 6.07) is 3.88. The van der Waals surface area contributed by atoms with E-state index in [-0.39, 0.29) is 5.91 Å². The predicted molar refractivity (Wildman–Crippen MR) is 74.6 cm³/mol. The van der Waals surface area contributed by atoms with Crippen LogP contribution in [-0.2, 0) is 13.6 Å². The Bertz CT molecular complexity index is 632. The molecule has 6 heteroatoms. The number of hydrogen-bond donors (Lipinski definition) is 2. The van der Waals surface area contributed by atoms with Gasteiger partial charge in [0.2, 0.25) is 0 Å². The number of nitrogens with zero attached hydrogens (tertiary/aromatic N) is 2. The third-order valence-electron chi connectivity index (χ3n) is 2.45.